The van der Waals surface area contributed by atoms with Crippen molar-refractivity contribution in [1.29, 1.82) is 0 Å². The summed E-state index contributed by atoms with van der Waals surface area (Å²) in [4.78, 5) is 13.6. The average molecular weight is 212 g/mol. The van der Waals surface area contributed by atoms with E-state index in [-0.39, 0.29) is 5.91 Å². The number of amides is 1. The molecule has 76 valence electrons. The maximum atomic E-state index is 11.8. The molecule has 5 nitrogen and oxygen atoms in total. The number of carbonyl (C=O) groups is 1. The minimum absolute atomic E-state index is 0.00731. The Morgan fingerprint density at radius 1 is 1.79 bits per heavy atom. The molecule has 1 fully saturated rings. The lowest BCUT2D eigenvalue weighted by molar-refractivity contribution is 0.0704. The molecular formula is C8H12N4OS. The Hall–Kier alpha value is -1.01. The predicted octanol–water partition coefficient (Wildman–Crippen LogP) is -0.0280. The van der Waals surface area contributed by atoms with Gasteiger partial charge in [0.15, 0.2) is 5.69 Å². The van der Waals surface area contributed by atoms with Crippen molar-refractivity contribution >= 4 is 17.6 Å². The molecule has 1 aromatic rings. The summed E-state index contributed by atoms with van der Waals surface area (Å²) in [6.45, 7) is 4.42. The van der Waals surface area contributed by atoms with Crippen LogP contribution in [0.15, 0.2) is 6.20 Å². The smallest absolute Gasteiger partial charge is 0.275 e. The number of piperazine rings is 1. The average Bonchev–Trinajstić information content (AvgIpc) is 2.69. The molecule has 2 rings (SSSR count). The first-order valence-electron chi connectivity index (χ1n) is 4.57. The Bertz CT molecular complexity index is 313. The van der Waals surface area contributed by atoms with Gasteiger partial charge >= 0.3 is 0 Å². The number of nitrogens with zero attached hydrogens (tertiary/aromatic N) is 3. The number of hydrogen-bond acceptors (Lipinski definition) is 5. The number of carbonyl (C=O) groups excluding carboxylic acids is 1. The molecule has 6 heteroatoms. The van der Waals surface area contributed by atoms with Gasteiger partial charge in [0, 0.05) is 25.7 Å². The topological polar surface area (TPSA) is 58.1 Å². The molecule has 1 atom stereocenters. The first kappa shape index (κ1) is 9.54. The maximum absolute atomic E-state index is 11.8. The lowest BCUT2D eigenvalue weighted by Crippen LogP contribution is -2.51. The number of hydrogen-bond donors (Lipinski definition) is 1. The van der Waals surface area contributed by atoms with Crippen molar-refractivity contribution in [3.63, 3.8) is 0 Å². The molecule has 1 amide bonds. The molecule has 2 heterocycles. The van der Waals surface area contributed by atoms with E-state index in [9.17, 15) is 4.79 Å². The number of rotatable bonds is 1. The zero-order valence-electron chi connectivity index (χ0n) is 7.93. The summed E-state index contributed by atoms with van der Waals surface area (Å²) >= 11 is 1.07. The van der Waals surface area contributed by atoms with Crippen molar-refractivity contribution in [2.75, 3.05) is 19.6 Å². The van der Waals surface area contributed by atoms with Gasteiger partial charge in [-0.3, -0.25) is 4.79 Å². The second-order valence-electron chi connectivity index (χ2n) is 3.40. The summed E-state index contributed by atoms with van der Waals surface area (Å²) < 4.78 is 7.76. The molecular weight excluding hydrogens is 200 g/mol. The summed E-state index contributed by atoms with van der Waals surface area (Å²) in [7, 11) is 0. The Morgan fingerprint density at radius 2 is 2.64 bits per heavy atom. The molecule has 0 spiro atoms. The molecule has 0 saturated carbocycles. The molecule has 1 aliphatic rings. The van der Waals surface area contributed by atoms with Crippen molar-refractivity contribution in [3.05, 3.63) is 11.9 Å². The highest BCUT2D eigenvalue weighted by Crippen LogP contribution is 2.05. The van der Waals surface area contributed by atoms with Gasteiger partial charge in [-0.1, -0.05) is 0 Å². The number of aromatic nitrogens is 2. The molecule has 1 aliphatic heterocycles. The Labute approximate surface area is 86.4 Å². The summed E-state index contributed by atoms with van der Waals surface area (Å²) in [5.41, 5.74) is 0.462. The molecule has 0 aliphatic carbocycles. The second-order valence-corrected chi connectivity index (χ2v) is 3.96. The molecule has 1 aromatic heterocycles. The van der Waals surface area contributed by atoms with Gasteiger partial charge in [0.25, 0.3) is 5.91 Å². The van der Waals surface area contributed by atoms with Gasteiger partial charge in [-0.15, -0.1) is 0 Å². The van der Waals surface area contributed by atoms with Crippen LogP contribution in [0.5, 0.6) is 0 Å². The zero-order chi connectivity index (χ0) is 9.97. The summed E-state index contributed by atoms with van der Waals surface area (Å²) in [6.07, 6.45) is 1.53. The Balaban J connectivity index is 2.04. The van der Waals surface area contributed by atoms with Gasteiger partial charge in [0.05, 0.1) is 17.9 Å². The van der Waals surface area contributed by atoms with Crippen LogP contribution in [0.3, 0.4) is 0 Å². The van der Waals surface area contributed by atoms with E-state index >= 15 is 0 Å². The molecule has 0 radical (unpaired) electrons. The molecule has 0 aromatic carbocycles. The van der Waals surface area contributed by atoms with Crippen LogP contribution in [0.1, 0.15) is 17.4 Å². The second kappa shape index (κ2) is 4.02. The monoisotopic (exact) mass is 212 g/mol. The predicted molar refractivity (Wildman–Crippen MR) is 53.3 cm³/mol. The highest BCUT2D eigenvalue weighted by atomic mass is 32.1. The number of nitrogens with one attached hydrogen (secondary N) is 1. The van der Waals surface area contributed by atoms with Crippen LogP contribution in [0.4, 0.5) is 0 Å². The fourth-order valence-corrected chi connectivity index (χ4v) is 1.94. The van der Waals surface area contributed by atoms with Crippen molar-refractivity contribution < 1.29 is 4.79 Å². The standard InChI is InChI=1S/C8H12N4OS/c1-6-5-12(3-2-9-6)8(13)7-4-10-14-11-7/h4,6,9H,2-3,5H2,1H3. The van der Waals surface area contributed by atoms with E-state index in [2.05, 4.69) is 21.0 Å². The third-order valence-electron chi connectivity index (χ3n) is 2.24. The van der Waals surface area contributed by atoms with Gasteiger partial charge < -0.3 is 10.2 Å². The summed E-state index contributed by atoms with van der Waals surface area (Å²) in [5, 5.41) is 3.28. The minimum Gasteiger partial charge on any atom is -0.334 e. The van der Waals surface area contributed by atoms with E-state index in [4.69, 9.17) is 0 Å². The van der Waals surface area contributed by atoms with Gasteiger partial charge in [-0.2, -0.15) is 8.75 Å². The van der Waals surface area contributed by atoms with Gasteiger partial charge in [-0.05, 0) is 6.92 Å². The molecule has 14 heavy (non-hydrogen) atoms. The first-order chi connectivity index (χ1) is 6.77. The van der Waals surface area contributed by atoms with E-state index in [1.807, 2.05) is 4.90 Å². The largest absolute Gasteiger partial charge is 0.334 e. The lowest BCUT2D eigenvalue weighted by Gasteiger charge is -2.31. The highest BCUT2D eigenvalue weighted by Gasteiger charge is 2.22. The highest BCUT2D eigenvalue weighted by molar-refractivity contribution is 6.99. The van der Waals surface area contributed by atoms with E-state index < -0.39 is 0 Å². The molecule has 1 saturated heterocycles. The van der Waals surface area contributed by atoms with Crippen molar-refractivity contribution in [2.45, 2.75) is 13.0 Å². The van der Waals surface area contributed by atoms with Crippen molar-refractivity contribution in [2.24, 2.45) is 0 Å². The van der Waals surface area contributed by atoms with Gasteiger partial charge in [0.2, 0.25) is 0 Å². The van der Waals surface area contributed by atoms with Gasteiger partial charge in [0.1, 0.15) is 0 Å². The van der Waals surface area contributed by atoms with Crippen LogP contribution in [0, 0.1) is 0 Å². The van der Waals surface area contributed by atoms with Crippen LogP contribution in [-0.4, -0.2) is 45.2 Å². The molecule has 1 N–H and O–H groups in total. The fraction of sp³-hybridized carbons (Fsp3) is 0.625. The van der Waals surface area contributed by atoms with Crippen LogP contribution < -0.4 is 5.32 Å². The van der Waals surface area contributed by atoms with Crippen LogP contribution >= 0.6 is 11.7 Å². The normalized spacial score (nSPS) is 22.4. The SMILES string of the molecule is CC1CN(C(=O)c2cnsn2)CCN1. The quantitative estimate of drug-likeness (QED) is 0.710. The van der Waals surface area contributed by atoms with Crippen LogP contribution in [0.25, 0.3) is 0 Å². The van der Waals surface area contributed by atoms with E-state index in [1.54, 1.807) is 0 Å². The van der Waals surface area contributed by atoms with Crippen molar-refractivity contribution in [1.82, 2.24) is 19.0 Å². The van der Waals surface area contributed by atoms with E-state index in [0.717, 1.165) is 31.4 Å². The lowest BCUT2D eigenvalue weighted by atomic mass is 10.2. The third-order valence-corrected chi connectivity index (χ3v) is 2.71. The third kappa shape index (κ3) is 1.91. The van der Waals surface area contributed by atoms with Gasteiger partial charge in [-0.25, -0.2) is 0 Å². The fourth-order valence-electron chi connectivity index (χ4n) is 1.54. The maximum Gasteiger partial charge on any atom is 0.275 e. The first-order valence-corrected chi connectivity index (χ1v) is 5.30. The van der Waals surface area contributed by atoms with Crippen LogP contribution in [0.2, 0.25) is 0 Å². The summed E-state index contributed by atoms with van der Waals surface area (Å²) in [6, 6.07) is 0.360. The molecule has 1 unspecified atom stereocenters. The molecule has 0 bridgehead atoms. The van der Waals surface area contributed by atoms with E-state index in [0.29, 0.717) is 11.7 Å². The summed E-state index contributed by atoms with van der Waals surface area (Å²) in [5.74, 6) is -0.00731. The van der Waals surface area contributed by atoms with E-state index in [1.165, 1.54) is 6.20 Å². The minimum atomic E-state index is -0.00731. The zero-order valence-corrected chi connectivity index (χ0v) is 8.75. The Kier molecular flexibility index (Phi) is 2.74. The Morgan fingerprint density at radius 3 is 3.29 bits per heavy atom. The van der Waals surface area contributed by atoms with Crippen molar-refractivity contribution in [3.8, 4) is 0 Å². The van der Waals surface area contributed by atoms with Crippen LogP contribution in [-0.2, 0) is 0 Å².